The fraction of sp³-hybridized carbons (Fsp3) is 0.350. The highest BCUT2D eigenvalue weighted by Crippen LogP contribution is 2.34. The maximum atomic E-state index is 11.5. The summed E-state index contributed by atoms with van der Waals surface area (Å²) < 4.78 is 18.1. The smallest absolute Gasteiger partial charge is 0.303 e. The van der Waals surface area contributed by atoms with E-state index in [2.05, 4.69) is 20.3 Å². The van der Waals surface area contributed by atoms with Gasteiger partial charge < -0.3 is 24.6 Å². The molecule has 0 unspecified atom stereocenters. The third-order valence-electron chi connectivity index (χ3n) is 4.73. The largest absolute Gasteiger partial charge is 0.508 e. The molecule has 1 saturated heterocycles. The molecular weight excluding hydrogens is 406 g/mol. The van der Waals surface area contributed by atoms with Gasteiger partial charge in [0.2, 0.25) is 0 Å². The molecule has 0 amide bonds. The normalized spacial score (nSPS) is 20.5. The Bertz CT molecular complexity index is 1120. The van der Waals surface area contributed by atoms with Crippen LogP contribution in [0.3, 0.4) is 0 Å². The van der Waals surface area contributed by atoms with Crippen LogP contribution in [0.15, 0.2) is 36.9 Å². The van der Waals surface area contributed by atoms with Gasteiger partial charge in [0.25, 0.3) is 0 Å². The molecular formula is C20H21N5O6. The lowest BCUT2D eigenvalue weighted by Gasteiger charge is -2.17. The number of anilines is 2. The van der Waals surface area contributed by atoms with Gasteiger partial charge in [0, 0.05) is 32.0 Å². The number of ether oxygens (including phenoxy) is 3. The number of nitrogens with zero attached hydrogens (tertiary/aromatic N) is 4. The Labute approximate surface area is 177 Å². The highest BCUT2D eigenvalue weighted by Gasteiger charge is 2.40. The first-order chi connectivity index (χ1) is 14.9. The predicted octanol–water partition coefficient (Wildman–Crippen LogP) is 2.06. The molecule has 0 bridgehead atoms. The topological polar surface area (TPSA) is 138 Å². The summed E-state index contributed by atoms with van der Waals surface area (Å²) in [5, 5.41) is 12.8. The van der Waals surface area contributed by atoms with E-state index in [1.807, 2.05) is 0 Å². The zero-order valence-electron chi connectivity index (χ0n) is 16.9. The van der Waals surface area contributed by atoms with Gasteiger partial charge in [-0.15, -0.1) is 0 Å². The number of nitrogens with one attached hydrogen (secondary N) is 1. The van der Waals surface area contributed by atoms with E-state index in [0.29, 0.717) is 29.1 Å². The quantitative estimate of drug-likeness (QED) is 0.562. The van der Waals surface area contributed by atoms with Crippen LogP contribution in [-0.2, 0) is 23.8 Å². The molecule has 2 aromatic heterocycles. The zero-order chi connectivity index (χ0) is 22.0. The van der Waals surface area contributed by atoms with Crippen molar-refractivity contribution in [2.45, 2.75) is 38.7 Å². The number of hydrogen-bond donors (Lipinski definition) is 2. The molecule has 1 aromatic carbocycles. The number of hydrogen-bond acceptors (Lipinski definition) is 10. The molecule has 3 atom stereocenters. The first-order valence-corrected chi connectivity index (χ1v) is 9.60. The standard InChI is InChI=1S/C20H21N5O6/c1-11(26)29-8-16-15(30-12(2)27)7-17(31-16)25-10-23-18-19(21-9-22-20(18)25)24-13-4-3-5-14(28)6-13/h3-6,9-10,15-17,28H,7-8H2,1-2H3,(H,21,22,24)/t15-,16-,17-/m1/s1. The Balaban J connectivity index is 1.59. The number of phenolic OH excluding ortho intramolecular Hbond substituents is 1. The summed E-state index contributed by atoms with van der Waals surface area (Å²) in [5.41, 5.74) is 1.65. The average Bonchev–Trinajstić information content (AvgIpc) is 3.30. The Morgan fingerprint density at radius 2 is 2.10 bits per heavy atom. The van der Waals surface area contributed by atoms with E-state index in [1.165, 1.54) is 20.2 Å². The Morgan fingerprint density at radius 1 is 1.26 bits per heavy atom. The van der Waals surface area contributed by atoms with Gasteiger partial charge in [-0.3, -0.25) is 14.2 Å². The number of phenols is 1. The van der Waals surface area contributed by atoms with Gasteiger partial charge in [-0.2, -0.15) is 0 Å². The van der Waals surface area contributed by atoms with Gasteiger partial charge in [-0.1, -0.05) is 6.07 Å². The molecule has 162 valence electrons. The van der Waals surface area contributed by atoms with Crippen LogP contribution >= 0.6 is 0 Å². The van der Waals surface area contributed by atoms with Crippen LogP contribution in [0.4, 0.5) is 11.5 Å². The molecule has 1 fully saturated rings. The molecule has 11 heteroatoms. The van der Waals surface area contributed by atoms with Crippen molar-refractivity contribution in [3.8, 4) is 5.75 Å². The van der Waals surface area contributed by atoms with E-state index in [0.717, 1.165) is 0 Å². The Morgan fingerprint density at radius 3 is 2.84 bits per heavy atom. The summed E-state index contributed by atoms with van der Waals surface area (Å²) in [6, 6.07) is 6.63. The fourth-order valence-corrected chi connectivity index (χ4v) is 3.43. The second-order valence-electron chi connectivity index (χ2n) is 7.04. The van der Waals surface area contributed by atoms with Crippen molar-refractivity contribution in [2.75, 3.05) is 11.9 Å². The monoisotopic (exact) mass is 427 g/mol. The lowest BCUT2D eigenvalue weighted by molar-refractivity contribution is -0.155. The molecule has 0 radical (unpaired) electrons. The zero-order valence-corrected chi connectivity index (χ0v) is 16.9. The minimum atomic E-state index is -0.609. The highest BCUT2D eigenvalue weighted by atomic mass is 16.6. The number of esters is 2. The summed E-state index contributed by atoms with van der Waals surface area (Å²) >= 11 is 0. The summed E-state index contributed by atoms with van der Waals surface area (Å²) in [6.45, 7) is 2.58. The van der Waals surface area contributed by atoms with Crippen LogP contribution in [-0.4, -0.2) is 55.4 Å². The van der Waals surface area contributed by atoms with Gasteiger partial charge in [-0.05, 0) is 12.1 Å². The Kier molecular flexibility index (Phi) is 5.67. The second-order valence-corrected chi connectivity index (χ2v) is 7.04. The number of aromatic nitrogens is 4. The fourth-order valence-electron chi connectivity index (χ4n) is 3.43. The molecule has 31 heavy (non-hydrogen) atoms. The molecule has 0 spiro atoms. The maximum absolute atomic E-state index is 11.5. The third kappa shape index (κ3) is 4.56. The van der Waals surface area contributed by atoms with E-state index in [1.54, 1.807) is 35.2 Å². The van der Waals surface area contributed by atoms with Crippen molar-refractivity contribution in [2.24, 2.45) is 0 Å². The molecule has 2 N–H and O–H groups in total. The number of aromatic hydroxyl groups is 1. The maximum Gasteiger partial charge on any atom is 0.303 e. The van der Waals surface area contributed by atoms with Crippen LogP contribution in [0.2, 0.25) is 0 Å². The van der Waals surface area contributed by atoms with E-state index in [9.17, 15) is 14.7 Å². The van der Waals surface area contributed by atoms with E-state index in [4.69, 9.17) is 14.2 Å². The third-order valence-corrected chi connectivity index (χ3v) is 4.73. The first kappa shape index (κ1) is 20.5. The molecule has 0 aliphatic carbocycles. The minimum Gasteiger partial charge on any atom is -0.508 e. The van der Waals surface area contributed by atoms with Gasteiger partial charge in [-0.25, -0.2) is 15.0 Å². The SMILES string of the molecule is CC(=O)OC[C@H]1O[C@@H](n2cnc3c(Nc4cccc(O)c4)ncnc32)C[C@H]1OC(C)=O. The summed E-state index contributed by atoms with van der Waals surface area (Å²) in [4.78, 5) is 35.6. The van der Waals surface area contributed by atoms with E-state index < -0.39 is 30.4 Å². The number of benzene rings is 1. The summed E-state index contributed by atoms with van der Waals surface area (Å²) in [6.07, 6.45) is 1.58. The molecule has 4 rings (SSSR count). The van der Waals surface area contributed by atoms with Gasteiger partial charge in [0.15, 0.2) is 17.0 Å². The lowest BCUT2D eigenvalue weighted by Crippen LogP contribution is -2.31. The molecule has 3 heterocycles. The van der Waals surface area contributed by atoms with Crippen molar-refractivity contribution in [3.63, 3.8) is 0 Å². The molecule has 11 nitrogen and oxygen atoms in total. The minimum absolute atomic E-state index is 0.0320. The first-order valence-electron chi connectivity index (χ1n) is 9.60. The van der Waals surface area contributed by atoms with Crippen molar-refractivity contribution < 1.29 is 28.9 Å². The lowest BCUT2D eigenvalue weighted by atomic mass is 10.2. The summed E-state index contributed by atoms with van der Waals surface area (Å²) in [7, 11) is 0. The second kappa shape index (κ2) is 8.56. The number of carbonyl (C=O) groups is 2. The summed E-state index contributed by atoms with van der Waals surface area (Å²) in [5.74, 6) is -0.314. The van der Waals surface area contributed by atoms with Gasteiger partial charge in [0.1, 0.15) is 37.1 Å². The number of rotatable bonds is 6. The van der Waals surface area contributed by atoms with Crippen LogP contribution in [0.5, 0.6) is 5.75 Å². The molecule has 1 aliphatic heterocycles. The number of imidazole rings is 1. The van der Waals surface area contributed by atoms with Gasteiger partial charge in [0.05, 0.1) is 6.33 Å². The van der Waals surface area contributed by atoms with Crippen LogP contribution < -0.4 is 5.32 Å². The van der Waals surface area contributed by atoms with E-state index >= 15 is 0 Å². The van der Waals surface area contributed by atoms with Crippen molar-refractivity contribution in [1.82, 2.24) is 19.5 Å². The highest BCUT2D eigenvalue weighted by molar-refractivity contribution is 5.85. The Hall–Kier alpha value is -3.73. The molecule has 3 aromatic rings. The van der Waals surface area contributed by atoms with Crippen LogP contribution in [0, 0.1) is 0 Å². The van der Waals surface area contributed by atoms with Crippen LogP contribution in [0.25, 0.3) is 11.2 Å². The average molecular weight is 427 g/mol. The van der Waals surface area contributed by atoms with Crippen LogP contribution in [0.1, 0.15) is 26.5 Å². The van der Waals surface area contributed by atoms with E-state index in [-0.39, 0.29) is 12.4 Å². The molecule has 1 aliphatic rings. The molecule has 0 saturated carbocycles. The van der Waals surface area contributed by atoms with Crippen molar-refractivity contribution >= 4 is 34.6 Å². The number of carbonyl (C=O) groups excluding carboxylic acids is 2. The number of fused-ring (bicyclic) bond motifs is 1. The van der Waals surface area contributed by atoms with Crippen molar-refractivity contribution in [3.05, 3.63) is 36.9 Å². The predicted molar refractivity (Wildman–Crippen MR) is 107 cm³/mol. The van der Waals surface area contributed by atoms with Crippen molar-refractivity contribution in [1.29, 1.82) is 0 Å². The van der Waals surface area contributed by atoms with Gasteiger partial charge >= 0.3 is 11.9 Å².